The zero-order chi connectivity index (χ0) is 11.7. The topological polar surface area (TPSA) is 63.4 Å². The predicted molar refractivity (Wildman–Crippen MR) is 58.2 cm³/mol. The Bertz CT molecular complexity index is 531. The number of hydrogen-bond acceptors (Lipinski definition) is 4. The number of nitrogens with zero attached hydrogens (tertiary/aromatic N) is 5. The summed E-state index contributed by atoms with van der Waals surface area (Å²) in [7, 11) is 3.43. The van der Waals surface area contributed by atoms with Gasteiger partial charge >= 0.3 is 0 Å². The third-order valence-electron chi connectivity index (χ3n) is 2.38. The highest BCUT2D eigenvalue weighted by atomic mass is 16.2. The van der Waals surface area contributed by atoms with Crippen molar-refractivity contribution in [3.05, 3.63) is 23.8 Å². The summed E-state index contributed by atoms with van der Waals surface area (Å²) in [4.78, 5) is 21.5. The molecule has 2 rings (SSSR count). The van der Waals surface area contributed by atoms with Gasteiger partial charge in [0.05, 0.1) is 11.3 Å². The van der Waals surface area contributed by atoms with Gasteiger partial charge in [-0.1, -0.05) is 6.92 Å². The van der Waals surface area contributed by atoms with Crippen molar-refractivity contribution in [1.29, 1.82) is 0 Å². The minimum absolute atomic E-state index is 0.0678. The third-order valence-corrected chi connectivity index (χ3v) is 2.38. The first-order valence-electron chi connectivity index (χ1n) is 5.04. The van der Waals surface area contributed by atoms with Crippen LogP contribution in [0.4, 0.5) is 0 Å². The minimum atomic E-state index is -0.0678. The molecule has 0 N–H and O–H groups in total. The van der Waals surface area contributed by atoms with E-state index in [0.29, 0.717) is 17.8 Å². The lowest BCUT2D eigenvalue weighted by Gasteiger charge is -2.13. The zero-order valence-electron chi connectivity index (χ0n) is 9.51. The van der Waals surface area contributed by atoms with Crippen molar-refractivity contribution in [2.24, 2.45) is 0 Å². The molecule has 2 aromatic heterocycles. The maximum atomic E-state index is 11.9. The molecule has 1 amide bonds. The summed E-state index contributed by atoms with van der Waals surface area (Å²) in [6, 6.07) is 0. The van der Waals surface area contributed by atoms with E-state index >= 15 is 0 Å². The van der Waals surface area contributed by atoms with E-state index < -0.39 is 0 Å². The Morgan fingerprint density at radius 3 is 2.81 bits per heavy atom. The van der Waals surface area contributed by atoms with E-state index in [1.54, 1.807) is 24.8 Å². The molecule has 84 valence electrons. The summed E-state index contributed by atoms with van der Waals surface area (Å²) in [6.07, 6.45) is 3.70. The lowest BCUT2D eigenvalue weighted by Crippen LogP contribution is -2.24. The number of amides is 1. The summed E-state index contributed by atoms with van der Waals surface area (Å²) in [5.41, 5.74) is 1.41. The number of aryl methyl sites for hydroxylation is 1. The third kappa shape index (κ3) is 1.52. The van der Waals surface area contributed by atoms with E-state index in [1.165, 1.54) is 11.2 Å². The molecule has 2 heterocycles. The molecule has 6 heteroatoms. The second-order valence-electron chi connectivity index (χ2n) is 3.64. The number of carbonyl (C=O) groups is 1. The lowest BCUT2D eigenvalue weighted by molar-refractivity contribution is 0.0825. The summed E-state index contributed by atoms with van der Waals surface area (Å²) in [5.74, 6) is 0.453. The van der Waals surface area contributed by atoms with Gasteiger partial charge in [0, 0.05) is 20.3 Å². The van der Waals surface area contributed by atoms with E-state index in [-0.39, 0.29) is 5.91 Å². The van der Waals surface area contributed by atoms with Crippen LogP contribution in [-0.2, 0) is 6.42 Å². The molecule has 0 fully saturated rings. The normalized spacial score (nSPS) is 10.7. The molecular weight excluding hydrogens is 206 g/mol. The monoisotopic (exact) mass is 219 g/mol. The van der Waals surface area contributed by atoms with Crippen LogP contribution in [0, 0.1) is 0 Å². The van der Waals surface area contributed by atoms with Crippen LogP contribution < -0.4 is 0 Å². The second kappa shape index (κ2) is 3.88. The highest BCUT2D eigenvalue weighted by Gasteiger charge is 2.16. The van der Waals surface area contributed by atoms with Gasteiger partial charge in [-0.25, -0.2) is 9.50 Å². The number of aromatic nitrogens is 4. The van der Waals surface area contributed by atoms with Crippen LogP contribution in [-0.4, -0.2) is 44.5 Å². The molecule has 0 spiro atoms. The van der Waals surface area contributed by atoms with Gasteiger partial charge in [0.15, 0.2) is 0 Å². The number of carbonyl (C=O) groups excluding carboxylic acids is 1. The average Bonchev–Trinajstić information content (AvgIpc) is 2.74. The molecule has 0 atom stereocenters. The highest BCUT2D eigenvalue weighted by Crippen LogP contribution is 2.11. The highest BCUT2D eigenvalue weighted by molar-refractivity contribution is 5.94. The fraction of sp³-hybridized carbons (Fsp3) is 0.400. The van der Waals surface area contributed by atoms with Crippen molar-refractivity contribution in [2.45, 2.75) is 13.3 Å². The summed E-state index contributed by atoms with van der Waals surface area (Å²) in [5, 5.41) is 4.06. The zero-order valence-corrected chi connectivity index (χ0v) is 9.51. The number of rotatable bonds is 2. The summed E-state index contributed by atoms with van der Waals surface area (Å²) < 4.78 is 1.61. The van der Waals surface area contributed by atoms with Crippen LogP contribution in [0.25, 0.3) is 5.78 Å². The van der Waals surface area contributed by atoms with Gasteiger partial charge in [0.2, 0.25) is 0 Å². The van der Waals surface area contributed by atoms with E-state index in [9.17, 15) is 4.79 Å². The SMILES string of the molecule is CCc1c(C(=O)N(C)C)cnc2ncnn12. The predicted octanol–water partition coefficient (Wildman–Crippen LogP) is 0.389. The van der Waals surface area contributed by atoms with Crippen molar-refractivity contribution in [2.75, 3.05) is 14.1 Å². The summed E-state index contributed by atoms with van der Waals surface area (Å²) >= 11 is 0. The molecule has 0 bridgehead atoms. The first-order chi connectivity index (χ1) is 7.65. The van der Waals surface area contributed by atoms with Crippen LogP contribution >= 0.6 is 0 Å². The van der Waals surface area contributed by atoms with Crippen molar-refractivity contribution < 1.29 is 4.79 Å². The van der Waals surface area contributed by atoms with Gasteiger partial charge in [-0.2, -0.15) is 10.1 Å². The Morgan fingerprint density at radius 2 is 2.19 bits per heavy atom. The van der Waals surface area contributed by atoms with E-state index in [0.717, 1.165) is 5.69 Å². The van der Waals surface area contributed by atoms with Crippen LogP contribution in [0.3, 0.4) is 0 Å². The quantitative estimate of drug-likeness (QED) is 0.733. The molecule has 0 aliphatic carbocycles. The fourth-order valence-corrected chi connectivity index (χ4v) is 1.58. The second-order valence-corrected chi connectivity index (χ2v) is 3.64. The number of hydrogen-bond donors (Lipinski definition) is 0. The van der Waals surface area contributed by atoms with Gasteiger partial charge in [-0.3, -0.25) is 4.79 Å². The molecule has 0 unspecified atom stereocenters. The Morgan fingerprint density at radius 1 is 1.44 bits per heavy atom. The molecular formula is C10H13N5O. The maximum absolute atomic E-state index is 11.9. The molecule has 6 nitrogen and oxygen atoms in total. The van der Waals surface area contributed by atoms with E-state index in [2.05, 4.69) is 15.1 Å². The van der Waals surface area contributed by atoms with Crippen molar-refractivity contribution >= 4 is 11.7 Å². The Hall–Kier alpha value is -1.98. The molecule has 0 aliphatic rings. The minimum Gasteiger partial charge on any atom is -0.345 e. The van der Waals surface area contributed by atoms with E-state index in [4.69, 9.17) is 0 Å². The fourth-order valence-electron chi connectivity index (χ4n) is 1.58. The maximum Gasteiger partial charge on any atom is 0.256 e. The number of fused-ring (bicyclic) bond motifs is 1. The van der Waals surface area contributed by atoms with Crippen LogP contribution in [0.15, 0.2) is 12.5 Å². The van der Waals surface area contributed by atoms with Crippen LogP contribution in [0.1, 0.15) is 23.0 Å². The van der Waals surface area contributed by atoms with Crippen LogP contribution in [0.5, 0.6) is 0 Å². The van der Waals surface area contributed by atoms with Gasteiger partial charge in [-0.05, 0) is 6.42 Å². The molecule has 0 aromatic carbocycles. The van der Waals surface area contributed by atoms with Gasteiger partial charge < -0.3 is 4.90 Å². The molecule has 2 aromatic rings. The molecule has 0 saturated carbocycles. The average molecular weight is 219 g/mol. The Balaban J connectivity index is 2.65. The van der Waals surface area contributed by atoms with Gasteiger partial charge in [-0.15, -0.1) is 0 Å². The molecule has 0 aliphatic heterocycles. The van der Waals surface area contributed by atoms with Crippen molar-refractivity contribution in [1.82, 2.24) is 24.5 Å². The Labute approximate surface area is 92.9 Å². The first-order valence-corrected chi connectivity index (χ1v) is 5.04. The standard InChI is InChI=1S/C10H13N5O/c1-4-8-7(9(16)14(2)3)5-11-10-12-6-13-15(8)10/h5-6H,4H2,1-3H3. The molecule has 0 radical (unpaired) electrons. The largest absolute Gasteiger partial charge is 0.345 e. The van der Waals surface area contributed by atoms with Crippen molar-refractivity contribution in [3.63, 3.8) is 0 Å². The van der Waals surface area contributed by atoms with E-state index in [1.807, 2.05) is 6.92 Å². The smallest absolute Gasteiger partial charge is 0.256 e. The van der Waals surface area contributed by atoms with Crippen molar-refractivity contribution in [3.8, 4) is 0 Å². The first kappa shape index (κ1) is 10.5. The summed E-state index contributed by atoms with van der Waals surface area (Å²) in [6.45, 7) is 1.98. The van der Waals surface area contributed by atoms with Crippen LogP contribution in [0.2, 0.25) is 0 Å². The molecule has 0 saturated heterocycles. The Kier molecular flexibility index (Phi) is 2.55. The van der Waals surface area contributed by atoms with Gasteiger partial charge in [0.25, 0.3) is 11.7 Å². The lowest BCUT2D eigenvalue weighted by atomic mass is 10.1. The van der Waals surface area contributed by atoms with Gasteiger partial charge in [0.1, 0.15) is 6.33 Å². The molecule has 16 heavy (non-hydrogen) atoms.